The molecule has 0 aromatic rings. The zero-order valence-electron chi connectivity index (χ0n) is 12.5. The molecular weight excluding hydrogens is 272 g/mol. The van der Waals surface area contributed by atoms with Crippen molar-refractivity contribution in [1.29, 1.82) is 0 Å². The van der Waals surface area contributed by atoms with E-state index in [4.69, 9.17) is 10.5 Å². The largest absolute Gasteiger partial charge is 0.377 e. The Hall–Kier alpha value is -0.260. The summed E-state index contributed by atoms with van der Waals surface area (Å²) in [5.41, 5.74) is 5.57. The highest BCUT2D eigenvalue weighted by Gasteiger charge is 2.70. The normalized spacial score (nSPS) is 40.5. The van der Waals surface area contributed by atoms with Crippen LogP contribution < -0.4 is 11.1 Å². The first-order chi connectivity index (χ1) is 9.48. The lowest BCUT2D eigenvalue weighted by atomic mass is 9.46. The van der Waals surface area contributed by atoms with Crippen molar-refractivity contribution < 1.29 is 9.53 Å². The summed E-state index contributed by atoms with van der Waals surface area (Å²) in [6.45, 7) is 4.97. The molecule has 2 heterocycles. The van der Waals surface area contributed by atoms with Crippen molar-refractivity contribution in [3.8, 4) is 0 Å². The Labute approximate surface area is 125 Å². The van der Waals surface area contributed by atoms with Crippen molar-refractivity contribution in [2.24, 2.45) is 17.1 Å². The molecule has 1 saturated carbocycles. The number of amides is 1. The van der Waals surface area contributed by atoms with Gasteiger partial charge in [0.05, 0.1) is 6.10 Å². The first kappa shape index (κ1) is 14.7. The van der Waals surface area contributed by atoms with Crippen LogP contribution in [0.1, 0.15) is 39.5 Å². The molecule has 3 N–H and O–H groups in total. The first-order valence-corrected chi connectivity index (χ1v) is 8.92. The second kappa shape index (κ2) is 5.18. The van der Waals surface area contributed by atoms with Gasteiger partial charge in [-0.2, -0.15) is 11.8 Å². The molecule has 2 saturated heterocycles. The van der Waals surface area contributed by atoms with Crippen molar-refractivity contribution in [2.45, 2.75) is 57.2 Å². The number of ether oxygens (including phenoxy) is 1. The number of nitrogens with two attached hydrogens (primary N) is 1. The number of carbonyl (C=O) groups is 1. The van der Waals surface area contributed by atoms with Gasteiger partial charge in [-0.15, -0.1) is 0 Å². The monoisotopic (exact) mass is 298 g/mol. The summed E-state index contributed by atoms with van der Waals surface area (Å²) in [6.07, 6.45) is 4.31. The summed E-state index contributed by atoms with van der Waals surface area (Å²) in [4.78, 5) is 12.8. The molecule has 4 nitrogen and oxygen atoms in total. The standard InChI is InChI=1S/C15H26N2O2S/c1-14(2)12-11(4-3-7-19-12)15(14,16)13(18)17-10-5-8-20-9-6-10/h10-12H,3-9,16H2,1-2H3,(H,17,18). The van der Waals surface area contributed by atoms with Crippen LogP contribution in [0.2, 0.25) is 0 Å². The van der Waals surface area contributed by atoms with Gasteiger partial charge in [-0.25, -0.2) is 0 Å². The van der Waals surface area contributed by atoms with E-state index < -0.39 is 5.54 Å². The molecule has 3 rings (SSSR count). The highest BCUT2D eigenvalue weighted by Crippen LogP contribution is 2.57. The van der Waals surface area contributed by atoms with Crippen LogP contribution >= 0.6 is 11.8 Å². The maximum atomic E-state index is 12.8. The number of nitrogens with one attached hydrogen (secondary N) is 1. The average Bonchev–Trinajstić information content (AvgIpc) is 2.47. The van der Waals surface area contributed by atoms with Gasteiger partial charge >= 0.3 is 0 Å². The minimum atomic E-state index is -0.761. The second-order valence-corrected chi connectivity index (χ2v) is 8.22. The molecule has 3 aliphatic rings. The molecule has 5 heteroatoms. The van der Waals surface area contributed by atoms with E-state index in [-0.39, 0.29) is 23.3 Å². The number of hydrogen-bond acceptors (Lipinski definition) is 4. The molecule has 0 spiro atoms. The zero-order chi connectivity index (χ0) is 14.4. The van der Waals surface area contributed by atoms with Gasteiger partial charge in [0.25, 0.3) is 0 Å². The van der Waals surface area contributed by atoms with Crippen LogP contribution in [0.25, 0.3) is 0 Å². The van der Waals surface area contributed by atoms with Crippen molar-refractivity contribution in [3.05, 3.63) is 0 Å². The molecule has 0 radical (unpaired) electrons. The lowest BCUT2D eigenvalue weighted by Crippen LogP contribution is -2.82. The van der Waals surface area contributed by atoms with E-state index in [1.54, 1.807) is 0 Å². The van der Waals surface area contributed by atoms with Gasteiger partial charge in [-0.1, -0.05) is 13.8 Å². The molecule has 1 aliphatic carbocycles. The third-order valence-electron chi connectivity index (χ3n) is 5.62. The van der Waals surface area contributed by atoms with Gasteiger partial charge in [-0.05, 0) is 37.2 Å². The minimum absolute atomic E-state index is 0.0474. The third-order valence-corrected chi connectivity index (χ3v) is 6.67. The molecule has 20 heavy (non-hydrogen) atoms. The number of thioether (sulfide) groups is 1. The van der Waals surface area contributed by atoms with E-state index in [0.717, 1.165) is 43.8 Å². The van der Waals surface area contributed by atoms with Gasteiger partial charge in [0.15, 0.2) is 0 Å². The quantitative estimate of drug-likeness (QED) is 0.811. The SMILES string of the molecule is CC1(C)C2OCCCC2C1(N)C(=O)NC1CCSCC1. The maximum absolute atomic E-state index is 12.8. The van der Waals surface area contributed by atoms with Crippen LogP contribution in [0, 0.1) is 11.3 Å². The lowest BCUT2D eigenvalue weighted by Gasteiger charge is -2.65. The van der Waals surface area contributed by atoms with Crippen LogP contribution in [0.5, 0.6) is 0 Å². The van der Waals surface area contributed by atoms with Crippen LogP contribution in [0.3, 0.4) is 0 Å². The van der Waals surface area contributed by atoms with Gasteiger partial charge < -0.3 is 15.8 Å². The molecule has 3 atom stereocenters. The van der Waals surface area contributed by atoms with Crippen molar-refractivity contribution in [2.75, 3.05) is 18.1 Å². The Morgan fingerprint density at radius 3 is 2.70 bits per heavy atom. The van der Waals surface area contributed by atoms with Gasteiger partial charge in [0.1, 0.15) is 5.54 Å². The second-order valence-electron chi connectivity index (χ2n) is 6.99. The summed E-state index contributed by atoms with van der Waals surface area (Å²) >= 11 is 1.97. The highest BCUT2D eigenvalue weighted by atomic mass is 32.2. The van der Waals surface area contributed by atoms with E-state index in [0.29, 0.717) is 6.04 Å². The van der Waals surface area contributed by atoms with E-state index in [1.165, 1.54) is 0 Å². The summed E-state index contributed by atoms with van der Waals surface area (Å²) < 4.78 is 5.86. The summed E-state index contributed by atoms with van der Waals surface area (Å²) in [7, 11) is 0. The van der Waals surface area contributed by atoms with Crippen molar-refractivity contribution in [1.82, 2.24) is 5.32 Å². The fourth-order valence-corrected chi connectivity index (χ4v) is 5.29. The zero-order valence-corrected chi connectivity index (χ0v) is 13.3. The molecular formula is C15H26N2O2S. The number of fused-ring (bicyclic) bond motifs is 1. The molecule has 114 valence electrons. The molecule has 3 unspecified atom stereocenters. The van der Waals surface area contributed by atoms with Crippen LogP contribution in [0.4, 0.5) is 0 Å². The number of rotatable bonds is 2. The Morgan fingerprint density at radius 2 is 2.00 bits per heavy atom. The topological polar surface area (TPSA) is 64.3 Å². The van der Waals surface area contributed by atoms with E-state index in [2.05, 4.69) is 19.2 Å². The molecule has 0 bridgehead atoms. The summed E-state index contributed by atoms with van der Waals surface area (Å²) in [5, 5.41) is 3.22. The Bertz CT molecular complexity index is 395. The van der Waals surface area contributed by atoms with E-state index in [9.17, 15) is 4.79 Å². The Kier molecular flexibility index (Phi) is 3.80. The molecule has 1 amide bonds. The van der Waals surface area contributed by atoms with Gasteiger partial charge in [-0.3, -0.25) is 4.79 Å². The molecule has 0 aromatic carbocycles. The highest BCUT2D eigenvalue weighted by molar-refractivity contribution is 7.99. The maximum Gasteiger partial charge on any atom is 0.241 e. The van der Waals surface area contributed by atoms with Gasteiger partial charge in [0, 0.05) is 24.0 Å². The fraction of sp³-hybridized carbons (Fsp3) is 0.933. The van der Waals surface area contributed by atoms with Crippen LogP contribution in [-0.4, -0.2) is 41.7 Å². The van der Waals surface area contributed by atoms with E-state index >= 15 is 0 Å². The van der Waals surface area contributed by atoms with Crippen LogP contribution in [-0.2, 0) is 9.53 Å². The Morgan fingerprint density at radius 1 is 1.30 bits per heavy atom. The van der Waals surface area contributed by atoms with Crippen molar-refractivity contribution in [3.63, 3.8) is 0 Å². The van der Waals surface area contributed by atoms with E-state index in [1.807, 2.05) is 11.8 Å². The van der Waals surface area contributed by atoms with Crippen LogP contribution in [0.15, 0.2) is 0 Å². The van der Waals surface area contributed by atoms with Gasteiger partial charge in [0.2, 0.25) is 5.91 Å². The number of carbonyl (C=O) groups excluding carboxylic acids is 1. The average molecular weight is 298 g/mol. The predicted molar refractivity (Wildman–Crippen MR) is 81.7 cm³/mol. The minimum Gasteiger partial charge on any atom is -0.377 e. The third kappa shape index (κ3) is 2.01. The molecule has 3 fully saturated rings. The first-order valence-electron chi connectivity index (χ1n) is 7.77. The Balaban J connectivity index is 1.71. The number of hydrogen-bond donors (Lipinski definition) is 2. The fourth-order valence-electron chi connectivity index (χ4n) is 4.18. The molecule has 2 aliphatic heterocycles. The summed E-state index contributed by atoms with van der Waals surface area (Å²) in [5.74, 6) is 2.51. The lowest BCUT2D eigenvalue weighted by molar-refractivity contribution is -0.225. The smallest absolute Gasteiger partial charge is 0.241 e. The van der Waals surface area contributed by atoms with Crippen molar-refractivity contribution >= 4 is 17.7 Å². The predicted octanol–water partition coefficient (Wildman–Crippen LogP) is 1.53. The summed E-state index contributed by atoms with van der Waals surface area (Å²) in [6, 6.07) is 0.309. The molecule has 0 aromatic heterocycles.